The highest BCUT2D eigenvalue weighted by Gasteiger charge is 2.84. The Morgan fingerprint density at radius 3 is 2.57 bits per heavy atom. The van der Waals surface area contributed by atoms with E-state index in [0.29, 0.717) is 5.92 Å². The fourth-order valence-corrected chi connectivity index (χ4v) is 8.63. The van der Waals surface area contributed by atoms with Gasteiger partial charge in [-0.2, -0.15) is 0 Å². The molecule has 1 aromatic carbocycles. The second-order valence-corrected chi connectivity index (χ2v) is 9.67. The van der Waals surface area contributed by atoms with E-state index >= 15 is 0 Å². The van der Waals surface area contributed by atoms with Gasteiger partial charge >= 0.3 is 0 Å². The van der Waals surface area contributed by atoms with Crippen molar-refractivity contribution in [2.75, 3.05) is 0 Å². The molecule has 21 heavy (non-hydrogen) atoms. The second kappa shape index (κ2) is 3.40. The van der Waals surface area contributed by atoms with Crippen LogP contribution in [0.5, 0.6) is 0 Å². The zero-order chi connectivity index (χ0) is 14.5. The summed E-state index contributed by atoms with van der Waals surface area (Å²) in [5.74, 6) is 0.631. The monoisotopic (exact) mass is 345 g/mol. The van der Waals surface area contributed by atoms with Crippen LogP contribution in [-0.2, 0) is 10.2 Å². The average Bonchev–Trinajstić information content (AvgIpc) is 2.73. The molecule has 5 unspecified atom stereocenters. The Labute approximate surface area is 133 Å². The van der Waals surface area contributed by atoms with Crippen LogP contribution in [0.15, 0.2) is 30.3 Å². The van der Waals surface area contributed by atoms with Crippen LogP contribution < -0.4 is 5.73 Å². The first-order valence-electron chi connectivity index (χ1n) is 8.00. The van der Waals surface area contributed by atoms with Gasteiger partial charge in [0.2, 0.25) is 5.91 Å². The molecule has 3 bridgehead atoms. The molecule has 1 amide bonds. The standard InChI is InChI=1S/C18H20BrNO/c19-18-8-12-6-15(14(20)21)9-16(11-18,17(18,7-12)10-15)13-4-2-1-3-5-13/h1-5,12H,6-11H2,(H2,20,21). The molecule has 0 aliphatic heterocycles. The normalized spacial score (nSPS) is 52.5. The lowest BCUT2D eigenvalue weighted by atomic mass is 9.44. The third-order valence-corrected chi connectivity index (χ3v) is 8.78. The van der Waals surface area contributed by atoms with E-state index in [-0.39, 0.29) is 26.5 Å². The summed E-state index contributed by atoms with van der Waals surface area (Å²) < 4.78 is 0.258. The first-order chi connectivity index (χ1) is 9.96. The molecule has 3 heteroatoms. The number of carbonyl (C=O) groups is 1. The quantitative estimate of drug-likeness (QED) is 0.818. The van der Waals surface area contributed by atoms with Crippen LogP contribution in [0.2, 0.25) is 0 Å². The van der Waals surface area contributed by atoms with Gasteiger partial charge < -0.3 is 5.73 Å². The van der Waals surface area contributed by atoms with Gasteiger partial charge in [0.1, 0.15) is 0 Å². The molecule has 4 aliphatic rings. The topological polar surface area (TPSA) is 43.1 Å². The van der Waals surface area contributed by atoms with Crippen LogP contribution in [0.3, 0.4) is 0 Å². The smallest absolute Gasteiger partial charge is 0.223 e. The fourth-order valence-electron chi connectivity index (χ4n) is 7.01. The predicted octanol–water partition coefficient (Wildman–Crippen LogP) is 3.53. The molecule has 0 heterocycles. The van der Waals surface area contributed by atoms with Crippen molar-refractivity contribution in [1.29, 1.82) is 0 Å². The molecular weight excluding hydrogens is 326 g/mol. The van der Waals surface area contributed by atoms with Gasteiger partial charge in [-0.3, -0.25) is 4.79 Å². The molecule has 4 fully saturated rings. The van der Waals surface area contributed by atoms with Gasteiger partial charge in [-0.25, -0.2) is 0 Å². The number of halogens is 1. The summed E-state index contributed by atoms with van der Waals surface area (Å²) in [4.78, 5) is 12.3. The van der Waals surface area contributed by atoms with Crippen LogP contribution in [0.1, 0.15) is 44.1 Å². The van der Waals surface area contributed by atoms with Crippen LogP contribution in [-0.4, -0.2) is 10.2 Å². The van der Waals surface area contributed by atoms with Gasteiger partial charge in [0.05, 0.1) is 5.41 Å². The van der Waals surface area contributed by atoms with Gasteiger partial charge in [0.25, 0.3) is 0 Å². The zero-order valence-electron chi connectivity index (χ0n) is 12.1. The highest BCUT2D eigenvalue weighted by atomic mass is 79.9. The fraction of sp³-hybridized carbons (Fsp3) is 0.611. The molecule has 0 radical (unpaired) electrons. The van der Waals surface area contributed by atoms with Crippen LogP contribution >= 0.6 is 15.9 Å². The van der Waals surface area contributed by atoms with Crippen LogP contribution in [0, 0.1) is 16.7 Å². The maximum absolute atomic E-state index is 12.3. The Kier molecular flexibility index (Phi) is 2.05. The molecule has 5 rings (SSSR count). The van der Waals surface area contributed by atoms with Crippen molar-refractivity contribution in [3.63, 3.8) is 0 Å². The van der Waals surface area contributed by atoms with Crippen molar-refractivity contribution < 1.29 is 4.79 Å². The number of fused-ring (bicyclic) bond motifs is 2. The van der Waals surface area contributed by atoms with E-state index in [9.17, 15) is 4.79 Å². The van der Waals surface area contributed by atoms with Crippen molar-refractivity contribution in [1.82, 2.24) is 0 Å². The molecule has 4 saturated carbocycles. The highest BCUT2D eigenvalue weighted by molar-refractivity contribution is 9.10. The molecule has 110 valence electrons. The summed E-state index contributed by atoms with van der Waals surface area (Å²) in [5, 5.41) is 0. The Morgan fingerprint density at radius 1 is 1.10 bits per heavy atom. The molecule has 5 atom stereocenters. The van der Waals surface area contributed by atoms with Crippen molar-refractivity contribution in [2.24, 2.45) is 22.5 Å². The SMILES string of the molecule is NC(=O)C12CC3CC4(Br)CC(c5ccccc5)(C1)C4(C3)C2. The lowest BCUT2D eigenvalue weighted by Crippen LogP contribution is -2.64. The van der Waals surface area contributed by atoms with E-state index in [0.717, 1.165) is 19.3 Å². The molecule has 1 aromatic rings. The minimum atomic E-state index is -0.245. The van der Waals surface area contributed by atoms with Gasteiger partial charge in [0, 0.05) is 9.74 Å². The highest BCUT2D eigenvalue weighted by Crippen LogP contribution is 2.87. The molecule has 0 aromatic heterocycles. The predicted molar refractivity (Wildman–Crippen MR) is 85.0 cm³/mol. The Hall–Kier alpha value is -0.830. The minimum absolute atomic E-state index is 0.0481. The van der Waals surface area contributed by atoms with E-state index in [1.165, 1.54) is 24.8 Å². The first-order valence-corrected chi connectivity index (χ1v) is 8.79. The molecule has 2 N–H and O–H groups in total. The van der Waals surface area contributed by atoms with E-state index in [4.69, 9.17) is 5.73 Å². The molecule has 4 aliphatic carbocycles. The number of rotatable bonds is 2. The number of primary amides is 1. The van der Waals surface area contributed by atoms with E-state index in [2.05, 4.69) is 46.3 Å². The Morgan fingerprint density at radius 2 is 1.86 bits per heavy atom. The Bertz CT molecular complexity index is 660. The summed E-state index contributed by atoms with van der Waals surface area (Å²) >= 11 is 4.11. The molecule has 1 spiro atoms. The number of amides is 1. The van der Waals surface area contributed by atoms with Gasteiger partial charge in [0.15, 0.2) is 0 Å². The average molecular weight is 346 g/mol. The van der Waals surface area contributed by atoms with Crippen molar-refractivity contribution >= 4 is 21.8 Å². The number of hydrogen-bond acceptors (Lipinski definition) is 1. The molecular formula is C18H20BrNO. The van der Waals surface area contributed by atoms with Crippen molar-refractivity contribution in [2.45, 2.75) is 48.3 Å². The Balaban J connectivity index is 1.74. The summed E-state index contributed by atoms with van der Waals surface area (Å²) in [6, 6.07) is 10.9. The van der Waals surface area contributed by atoms with Crippen LogP contribution in [0.4, 0.5) is 0 Å². The summed E-state index contributed by atoms with van der Waals surface area (Å²) in [6.45, 7) is 0. The first kappa shape index (κ1) is 12.7. The van der Waals surface area contributed by atoms with Gasteiger partial charge in [-0.1, -0.05) is 46.3 Å². The zero-order valence-corrected chi connectivity index (χ0v) is 13.7. The number of nitrogens with two attached hydrogens (primary N) is 1. The molecule has 0 saturated heterocycles. The lowest BCUT2D eigenvalue weighted by Gasteiger charge is -2.64. The minimum Gasteiger partial charge on any atom is -0.369 e. The third kappa shape index (κ3) is 1.15. The van der Waals surface area contributed by atoms with E-state index in [1.807, 2.05) is 0 Å². The maximum atomic E-state index is 12.3. The summed E-state index contributed by atoms with van der Waals surface area (Å²) in [5.41, 5.74) is 7.53. The number of carbonyl (C=O) groups excluding carboxylic acids is 1. The summed E-state index contributed by atoms with van der Waals surface area (Å²) in [7, 11) is 0. The number of benzene rings is 1. The van der Waals surface area contributed by atoms with Crippen LogP contribution in [0.25, 0.3) is 0 Å². The van der Waals surface area contributed by atoms with Gasteiger partial charge in [-0.15, -0.1) is 0 Å². The van der Waals surface area contributed by atoms with E-state index < -0.39 is 0 Å². The molecule has 2 nitrogen and oxygen atoms in total. The lowest BCUT2D eigenvalue weighted by molar-refractivity contribution is -0.129. The van der Waals surface area contributed by atoms with Gasteiger partial charge in [-0.05, 0) is 55.4 Å². The summed E-state index contributed by atoms with van der Waals surface area (Å²) in [6.07, 6.45) is 6.69. The largest absolute Gasteiger partial charge is 0.369 e. The maximum Gasteiger partial charge on any atom is 0.223 e. The van der Waals surface area contributed by atoms with Crippen molar-refractivity contribution in [3.8, 4) is 0 Å². The van der Waals surface area contributed by atoms with E-state index in [1.54, 1.807) is 0 Å². The van der Waals surface area contributed by atoms with Crippen molar-refractivity contribution in [3.05, 3.63) is 35.9 Å². The third-order valence-electron chi connectivity index (χ3n) is 7.41. The number of hydrogen-bond donors (Lipinski definition) is 1. The second-order valence-electron chi connectivity index (χ2n) is 8.15. The number of alkyl halides is 1.